The summed E-state index contributed by atoms with van der Waals surface area (Å²) >= 11 is 4.63. The predicted molar refractivity (Wildman–Crippen MR) is 89.8 cm³/mol. The molecule has 94 valence electrons. The van der Waals surface area contributed by atoms with Crippen molar-refractivity contribution in [2.75, 3.05) is 7.11 Å². The Hall–Kier alpha value is -0.340. The highest BCUT2D eigenvalue weighted by Crippen LogP contribution is 2.32. The third kappa shape index (κ3) is 2.97. The van der Waals surface area contributed by atoms with Crippen molar-refractivity contribution in [1.82, 2.24) is 0 Å². The van der Waals surface area contributed by atoms with Crippen LogP contribution in [-0.2, 0) is 6.61 Å². The lowest BCUT2D eigenvalue weighted by Gasteiger charge is -2.11. The van der Waals surface area contributed by atoms with E-state index in [1.165, 1.54) is 3.57 Å². The van der Waals surface area contributed by atoms with E-state index >= 15 is 0 Å². The SMILES string of the molecule is COc1ccc(I)c(-c2cc(CO)ccc2I)c1. The van der Waals surface area contributed by atoms with Crippen LogP contribution < -0.4 is 4.74 Å². The van der Waals surface area contributed by atoms with Gasteiger partial charge in [0.05, 0.1) is 13.7 Å². The molecule has 0 aliphatic heterocycles. The molecule has 2 rings (SSSR count). The standard InChI is InChI=1S/C14H12I2O2/c1-18-10-3-5-14(16)12(7-10)11-6-9(8-17)2-4-13(11)15/h2-7,17H,8H2,1H3. The van der Waals surface area contributed by atoms with Crippen molar-refractivity contribution in [3.8, 4) is 16.9 Å². The van der Waals surface area contributed by atoms with Gasteiger partial charge in [-0.15, -0.1) is 0 Å². The second kappa shape index (κ2) is 6.21. The summed E-state index contributed by atoms with van der Waals surface area (Å²) < 4.78 is 7.60. The summed E-state index contributed by atoms with van der Waals surface area (Å²) in [5.41, 5.74) is 3.18. The molecule has 0 fully saturated rings. The van der Waals surface area contributed by atoms with Gasteiger partial charge in [-0.25, -0.2) is 0 Å². The van der Waals surface area contributed by atoms with Crippen LogP contribution >= 0.6 is 45.2 Å². The number of rotatable bonds is 3. The normalized spacial score (nSPS) is 10.4. The lowest BCUT2D eigenvalue weighted by Crippen LogP contribution is -1.92. The molecular weight excluding hydrogens is 454 g/mol. The highest BCUT2D eigenvalue weighted by molar-refractivity contribution is 14.1. The smallest absolute Gasteiger partial charge is 0.119 e. The van der Waals surface area contributed by atoms with Crippen LogP contribution in [0, 0.1) is 7.14 Å². The van der Waals surface area contributed by atoms with Crippen molar-refractivity contribution in [1.29, 1.82) is 0 Å². The van der Waals surface area contributed by atoms with Crippen molar-refractivity contribution in [3.63, 3.8) is 0 Å². The van der Waals surface area contributed by atoms with Crippen molar-refractivity contribution in [2.45, 2.75) is 6.61 Å². The van der Waals surface area contributed by atoms with Gasteiger partial charge in [-0.3, -0.25) is 0 Å². The molecule has 0 saturated carbocycles. The zero-order valence-electron chi connectivity index (χ0n) is 9.78. The van der Waals surface area contributed by atoms with Gasteiger partial charge in [-0.1, -0.05) is 6.07 Å². The molecule has 0 aliphatic carbocycles. The molecule has 18 heavy (non-hydrogen) atoms. The lowest BCUT2D eigenvalue weighted by molar-refractivity contribution is 0.282. The maximum Gasteiger partial charge on any atom is 0.119 e. The Kier molecular flexibility index (Phi) is 4.85. The first-order valence-corrected chi connectivity index (χ1v) is 7.54. The topological polar surface area (TPSA) is 29.5 Å². The quantitative estimate of drug-likeness (QED) is 0.692. The van der Waals surface area contributed by atoms with Gasteiger partial charge in [0.15, 0.2) is 0 Å². The first-order valence-electron chi connectivity index (χ1n) is 5.39. The summed E-state index contributed by atoms with van der Waals surface area (Å²) in [7, 11) is 1.67. The van der Waals surface area contributed by atoms with E-state index in [-0.39, 0.29) is 6.61 Å². The zero-order valence-corrected chi connectivity index (χ0v) is 14.1. The molecule has 2 nitrogen and oxygen atoms in total. The average molecular weight is 466 g/mol. The Labute approximate surface area is 134 Å². The largest absolute Gasteiger partial charge is 0.497 e. The van der Waals surface area contributed by atoms with E-state index in [2.05, 4.69) is 45.2 Å². The molecule has 0 amide bonds. The van der Waals surface area contributed by atoms with Gasteiger partial charge < -0.3 is 9.84 Å². The van der Waals surface area contributed by atoms with E-state index in [9.17, 15) is 5.11 Å². The summed E-state index contributed by atoms with van der Waals surface area (Å²) in [6.45, 7) is 0.0600. The van der Waals surface area contributed by atoms with Gasteiger partial charge >= 0.3 is 0 Å². The molecule has 0 unspecified atom stereocenters. The molecule has 0 saturated heterocycles. The van der Waals surface area contributed by atoms with Crippen LogP contribution in [0.1, 0.15) is 5.56 Å². The molecular formula is C14H12I2O2. The number of aliphatic hydroxyl groups is 1. The van der Waals surface area contributed by atoms with E-state index in [1.54, 1.807) is 7.11 Å². The van der Waals surface area contributed by atoms with E-state index in [4.69, 9.17) is 4.74 Å². The van der Waals surface area contributed by atoms with Gasteiger partial charge in [0.25, 0.3) is 0 Å². The lowest BCUT2D eigenvalue weighted by atomic mass is 10.0. The van der Waals surface area contributed by atoms with Crippen molar-refractivity contribution >= 4 is 45.2 Å². The third-order valence-electron chi connectivity index (χ3n) is 2.68. The first-order chi connectivity index (χ1) is 8.65. The fourth-order valence-electron chi connectivity index (χ4n) is 1.71. The Balaban J connectivity index is 2.60. The minimum absolute atomic E-state index is 0.0600. The fraction of sp³-hybridized carbons (Fsp3) is 0.143. The maximum absolute atomic E-state index is 9.24. The second-order valence-corrected chi connectivity index (χ2v) is 6.14. The molecule has 0 aromatic heterocycles. The van der Waals surface area contributed by atoms with Crippen molar-refractivity contribution in [3.05, 3.63) is 49.1 Å². The predicted octanol–water partition coefficient (Wildman–Crippen LogP) is 4.06. The van der Waals surface area contributed by atoms with Crippen LogP contribution in [0.2, 0.25) is 0 Å². The highest BCUT2D eigenvalue weighted by Gasteiger charge is 2.09. The molecule has 0 radical (unpaired) electrons. The van der Waals surface area contributed by atoms with Crippen LogP contribution in [0.3, 0.4) is 0 Å². The molecule has 2 aromatic rings. The van der Waals surface area contributed by atoms with E-state index < -0.39 is 0 Å². The fourth-order valence-corrected chi connectivity index (χ4v) is 2.97. The molecule has 2 aromatic carbocycles. The molecule has 0 bridgehead atoms. The molecule has 4 heteroatoms. The number of benzene rings is 2. The number of aliphatic hydroxyl groups excluding tert-OH is 1. The number of hydrogen-bond donors (Lipinski definition) is 1. The summed E-state index contributed by atoms with van der Waals surface area (Å²) in [5.74, 6) is 0.843. The molecule has 0 aliphatic rings. The van der Waals surface area contributed by atoms with E-state index in [0.717, 1.165) is 26.0 Å². The highest BCUT2D eigenvalue weighted by atomic mass is 127. The minimum atomic E-state index is 0.0600. The van der Waals surface area contributed by atoms with Crippen molar-refractivity contribution < 1.29 is 9.84 Å². The van der Waals surface area contributed by atoms with Gasteiger partial charge in [-0.2, -0.15) is 0 Å². The Morgan fingerprint density at radius 2 is 1.61 bits per heavy atom. The van der Waals surface area contributed by atoms with Crippen LogP contribution in [-0.4, -0.2) is 12.2 Å². The summed E-state index contributed by atoms with van der Waals surface area (Å²) in [4.78, 5) is 0. The van der Waals surface area contributed by atoms with E-state index in [0.29, 0.717) is 0 Å². The molecule has 0 atom stereocenters. The van der Waals surface area contributed by atoms with Crippen LogP contribution in [0.25, 0.3) is 11.1 Å². The average Bonchev–Trinajstić information content (AvgIpc) is 2.40. The summed E-state index contributed by atoms with van der Waals surface area (Å²) in [6, 6.07) is 12.0. The molecule has 0 spiro atoms. The van der Waals surface area contributed by atoms with Gasteiger partial charge in [0.1, 0.15) is 5.75 Å². The Morgan fingerprint density at radius 1 is 1.00 bits per heavy atom. The number of halogens is 2. The van der Waals surface area contributed by atoms with Gasteiger partial charge in [-0.05, 0) is 92.2 Å². The number of hydrogen-bond acceptors (Lipinski definition) is 2. The summed E-state index contributed by atoms with van der Waals surface area (Å²) in [6.07, 6.45) is 0. The molecule has 0 heterocycles. The third-order valence-corrected chi connectivity index (χ3v) is 4.56. The second-order valence-electron chi connectivity index (χ2n) is 3.82. The number of methoxy groups -OCH3 is 1. The molecule has 1 N–H and O–H groups in total. The Bertz CT molecular complexity index is 516. The van der Waals surface area contributed by atoms with Gasteiger partial charge in [0, 0.05) is 7.14 Å². The van der Waals surface area contributed by atoms with Crippen LogP contribution in [0.15, 0.2) is 36.4 Å². The number of ether oxygens (including phenoxy) is 1. The maximum atomic E-state index is 9.24. The van der Waals surface area contributed by atoms with Crippen molar-refractivity contribution in [2.24, 2.45) is 0 Å². The Morgan fingerprint density at radius 3 is 2.22 bits per heavy atom. The first kappa shape index (κ1) is 14.1. The monoisotopic (exact) mass is 466 g/mol. The summed E-state index contributed by atoms with van der Waals surface area (Å²) in [5, 5.41) is 9.24. The van der Waals surface area contributed by atoms with Gasteiger partial charge in [0.2, 0.25) is 0 Å². The zero-order chi connectivity index (χ0) is 13.1. The van der Waals surface area contributed by atoms with E-state index in [1.807, 2.05) is 36.4 Å². The van der Waals surface area contributed by atoms with Crippen LogP contribution in [0.5, 0.6) is 5.75 Å². The van der Waals surface area contributed by atoms with Crippen LogP contribution in [0.4, 0.5) is 0 Å². The minimum Gasteiger partial charge on any atom is -0.497 e.